The van der Waals surface area contributed by atoms with Crippen molar-refractivity contribution in [1.29, 1.82) is 5.26 Å². The Morgan fingerprint density at radius 2 is 2.23 bits per heavy atom. The zero-order valence-electron chi connectivity index (χ0n) is 6.72. The SMILES string of the molecule is N#Cc1cc(Cl)c(CCO)cc1F. The summed E-state index contributed by atoms with van der Waals surface area (Å²) in [6.45, 7) is -0.0922. The zero-order valence-corrected chi connectivity index (χ0v) is 7.48. The van der Waals surface area contributed by atoms with Gasteiger partial charge in [-0.25, -0.2) is 4.39 Å². The maximum Gasteiger partial charge on any atom is 0.141 e. The molecule has 13 heavy (non-hydrogen) atoms. The highest BCUT2D eigenvalue weighted by Crippen LogP contribution is 2.20. The van der Waals surface area contributed by atoms with Gasteiger partial charge in [-0.3, -0.25) is 0 Å². The third-order valence-electron chi connectivity index (χ3n) is 1.64. The van der Waals surface area contributed by atoms with E-state index in [2.05, 4.69) is 0 Å². The van der Waals surface area contributed by atoms with E-state index in [9.17, 15) is 4.39 Å². The van der Waals surface area contributed by atoms with Crippen molar-refractivity contribution >= 4 is 11.6 Å². The Morgan fingerprint density at radius 1 is 1.54 bits per heavy atom. The summed E-state index contributed by atoms with van der Waals surface area (Å²) in [5, 5.41) is 17.4. The van der Waals surface area contributed by atoms with Crippen molar-refractivity contribution in [3.63, 3.8) is 0 Å². The fourth-order valence-corrected chi connectivity index (χ4v) is 1.24. The normalized spacial score (nSPS) is 9.69. The molecule has 0 heterocycles. The Hall–Kier alpha value is -1.11. The number of halogens is 2. The van der Waals surface area contributed by atoms with Gasteiger partial charge in [0.2, 0.25) is 0 Å². The highest BCUT2D eigenvalue weighted by molar-refractivity contribution is 6.31. The van der Waals surface area contributed by atoms with Gasteiger partial charge in [-0.2, -0.15) is 5.26 Å². The second-order valence-electron chi connectivity index (χ2n) is 2.51. The summed E-state index contributed by atoms with van der Waals surface area (Å²) in [5.74, 6) is -0.602. The summed E-state index contributed by atoms with van der Waals surface area (Å²) in [4.78, 5) is 0. The van der Waals surface area contributed by atoms with Crippen molar-refractivity contribution in [2.24, 2.45) is 0 Å². The predicted octanol–water partition coefficient (Wildman–Crippen LogP) is 1.89. The fraction of sp³-hybridized carbons (Fsp3) is 0.222. The van der Waals surface area contributed by atoms with Gasteiger partial charge >= 0.3 is 0 Å². The summed E-state index contributed by atoms with van der Waals surface area (Å²) >= 11 is 5.73. The topological polar surface area (TPSA) is 44.0 Å². The molecule has 1 N–H and O–H groups in total. The van der Waals surface area contributed by atoms with Crippen LogP contribution in [0.5, 0.6) is 0 Å². The lowest BCUT2D eigenvalue weighted by molar-refractivity contribution is 0.299. The molecule has 0 atom stereocenters. The van der Waals surface area contributed by atoms with E-state index in [1.165, 1.54) is 12.1 Å². The molecule has 1 aromatic carbocycles. The van der Waals surface area contributed by atoms with Gasteiger partial charge in [-0.05, 0) is 24.1 Å². The van der Waals surface area contributed by atoms with Gasteiger partial charge in [0, 0.05) is 11.6 Å². The number of nitrogens with zero attached hydrogens (tertiary/aromatic N) is 1. The minimum Gasteiger partial charge on any atom is -0.396 e. The molecule has 1 rings (SSSR count). The molecule has 0 radical (unpaired) electrons. The molecule has 4 heteroatoms. The first-order chi connectivity index (χ1) is 6.19. The summed E-state index contributed by atoms with van der Waals surface area (Å²) in [6, 6.07) is 4.13. The quantitative estimate of drug-likeness (QED) is 0.791. The van der Waals surface area contributed by atoms with E-state index in [0.717, 1.165) is 0 Å². The van der Waals surface area contributed by atoms with Crippen LogP contribution in [-0.4, -0.2) is 11.7 Å². The van der Waals surface area contributed by atoms with Gasteiger partial charge in [-0.1, -0.05) is 11.6 Å². The van der Waals surface area contributed by atoms with Gasteiger partial charge in [0.1, 0.15) is 11.9 Å². The van der Waals surface area contributed by atoms with E-state index < -0.39 is 5.82 Å². The Kier molecular flexibility index (Phi) is 3.24. The van der Waals surface area contributed by atoms with Crippen LogP contribution < -0.4 is 0 Å². The van der Waals surface area contributed by atoms with Crippen LogP contribution in [0.4, 0.5) is 4.39 Å². The maximum atomic E-state index is 13.0. The first-order valence-electron chi connectivity index (χ1n) is 3.68. The molecule has 0 aromatic heterocycles. The number of nitriles is 1. The average molecular weight is 200 g/mol. The molecule has 0 fully saturated rings. The molecule has 0 saturated heterocycles. The van der Waals surface area contributed by atoms with Crippen molar-refractivity contribution in [2.75, 3.05) is 6.61 Å². The van der Waals surface area contributed by atoms with Crippen molar-refractivity contribution in [2.45, 2.75) is 6.42 Å². The molecular weight excluding hydrogens is 193 g/mol. The zero-order chi connectivity index (χ0) is 9.84. The molecule has 1 aromatic rings. The summed E-state index contributed by atoms with van der Waals surface area (Å²) in [5.41, 5.74) is 0.437. The molecule has 68 valence electrons. The lowest BCUT2D eigenvalue weighted by atomic mass is 10.1. The molecule has 0 unspecified atom stereocenters. The predicted molar refractivity (Wildman–Crippen MR) is 46.9 cm³/mol. The smallest absolute Gasteiger partial charge is 0.141 e. The number of benzene rings is 1. The van der Waals surface area contributed by atoms with E-state index in [4.69, 9.17) is 22.0 Å². The van der Waals surface area contributed by atoms with E-state index in [-0.39, 0.29) is 12.2 Å². The second kappa shape index (κ2) is 4.22. The monoisotopic (exact) mass is 199 g/mol. The average Bonchev–Trinajstić information content (AvgIpc) is 2.11. The van der Waals surface area contributed by atoms with Crippen LogP contribution in [-0.2, 0) is 6.42 Å². The molecule has 0 aliphatic heterocycles. The molecule has 0 aliphatic rings. The number of hydrogen-bond acceptors (Lipinski definition) is 2. The molecule has 2 nitrogen and oxygen atoms in total. The van der Waals surface area contributed by atoms with E-state index in [1.54, 1.807) is 6.07 Å². The van der Waals surface area contributed by atoms with Crippen LogP contribution in [0.1, 0.15) is 11.1 Å². The summed E-state index contributed by atoms with van der Waals surface area (Å²) in [6.07, 6.45) is 0.293. The minimum absolute atomic E-state index is 0.0771. The van der Waals surface area contributed by atoms with Crippen molar-refractivity contribution in [3.8, 4) is 6.07 Å². The Labute approximate surface area is 80.2 Å². The third kappa shape index (κ3) is 2.18. The first-order valence-corrected chi connectivity index (χ1v) is 4.05. The Morgan fingerprint density at radius 3 is 2.77 bits per heavy atom. The highest BCUT2D eigenvalue weighted by atomic mass is 35.5. The first kappa shape index (κ1) is 9.97. The van der Waals surface area contributed by atoms with E-state index in [0.29, 0.717) is 17.0 Å². The number of aliphatic hydroxyl groups is 1. The Bertz CT molecular complexity index is 359. The van der Waals surface area contributed by atoms with Gasteiger partial charge in [0.05, 0.1) is 5.56 Å². The second-order valence-corrected chi connectivity index (χ2v) is 2.92. The lowest BCUT2D eigenvalue weighted by Crippen LogP contribution is -1.95. The van der Waals surface area contributed by atoms with Gasteiger partial charge in [0.25, 0.3) is 0 Å². The molecule has 0 spiro atoms. The summed E-state index contributed by atoms with van der Waals surface area (Å²) < 4.78 is 13.0. The largest absolute Gasteiger partial charge is 0.396 e. The number of aliphatic hydroxyl groups excluding tert-OH is 1. The van der Waals surface area contributed by atoms with Crippen LogP contribution in [0.15, 0.2) is 12.1 Å². The molecule has 0 bridgehead atoms. The maximum absolute atomic E-state index is 13.0. The van der Waals surface area contributed by atoms with Crippen LogP contribution in [0.2, 0.25) is 5.02 Å². The molecule has 0 amide bonds. The molecule has 0 aliphatic carbocycles. The van der Waals surface area contributed by atoms with E-state index >= 15 is 0 Å². The van der Waals surface area contributed by atoms with Crippen LogP contribution in [0.25, 0.3) is 0 Å². The number of hydrogen-bond donors (Lipinski definition) is 1. The number of rotatable bonds is 2. The molecular formula is C9H7ClFNO. The fourth-order valence-electron chi connectivity index (χ4n) is 0.986. The highest BCUT2D eigenvalue weighted by Gasteiger charge is 2.07. The lowest BCUT2D eigenvalue weighted by Gasteiger charge is -2.02. The van der Waals surface area contributed by atoms with Crippen molar-refractivity contribution < 1.29 is 9.50 Å². The van der Waals surface area contributed by atoms with Crippen LogP contribution in [0.3, 0.4) is 0 Å². The third-order valence-corrected chi connectivity index (χ3v) is 1.99. The van der Waals surface area contributed by atoms with Crippen molar-refractivity contribution in [3.05, 3.63) is 34.1 Å². The summed E-state index contributed by atoms with van der Waals surface area (Å²) in [7, 11) is 0. The molecule has 0 saturated carbocycles. The van der Waals surface area contributed by atoms with Gasteiger partial charge < -0.3 is 5.11 Å². The van der Waals surface area contributed by atoms with Crippen LogP contribution in [0, 0.1) is 17.1 Å². The van der Waals surface area contributed by atoms with Gasteiger partial charge in [-0.15, -0.1) is 0 Å². The van der Waals surface area contributed by atoms with Crippen molar-refractivity contribution in [1.82, 2.24) is 0 Å². The van der Waals surface area contributed by atoms with Gasteiger partial charge in [0.15, 0.2) is 0 Å². The Balaban J connectivity index is 3.14. The standard InChI is InChI=1S/C9H7ClFNO/c10-8-3-7(5-12)9(11)4-6(8)1-2-13/h3-4,13H,1-2H2. The van der Waals surface area contributed by atoms with E-state index in [1.807, 2.05) is 0 Å². The minimum atomic E-state index is -0.602. The van der Waals surface area contributed by atoms with Crippen LogP contribution >= 0.6 is 11.6 Å².